The Balaban J connectivity index is 2.23. The molecule has 0 spiro atoms. The number of benzene rings is 1. The molecule has 0 aliphatic carbocycles. The molecular weight excluding hydrogens is 325 g/mol. The Labute approximate surface area is 135 Å². The highest BCUT2D eigenvalue weighted by atomic mass is 19.4. The van der Waals surface area contributed by atoms with E-state index in [-0.39, 0.29) is 16.9 Å². The van der Waals surface area contributed by atoms with Crippen LogP contribution in [0.3, 0.4) is 0 Å². The van der Waals surface area contributed by atoms with E-state index in [0.717, 1.165) is 24.3 Å². The molecule has 8 heteroatoms. The van der Waals surface area contributed by atoms with Crippen molar-refractivity contribution in [1.29, 1.82) is 0 Å². The average molecular weight is 340 g/mol. The molecule has 0 saturated heterocycles. The number of aryl methyl sites for hydroxylation is 1. The first-order valence-corrected chi connectivity index (χ1v) is 6.91. The molecule has 128 valence electrons. The van der Waals surface area contributed by atoms with E-state index in [2.05, 4.69) is 15.0 Å². The second-order valence-electron chi connectivity index (χ2n) is 5.15. The van der Waals surface area contributed by atoms with Gasteiger partial charge in [0.05, 0.1) is 18.2 Å². The third kappa shape index (κ3) is 3.42. The van der Waals surface area contributed by atoms with Crippen molar-refractivity contribution in [3.63, 3.8) is 0 Å². The van der Waals surface area contributed by atoms with Gasteiger partial charge in [-0.1, -0.05) is 0 Å². The van der Waals surface area contributed by atoms with Crippen molar-refractivity contribution in [3.05, 3.63) is 52.3 Å². The Bertz CT molecular complexity index is 777. The van der Waals surface area contributed by atoms with E-state index < -0.39 is 23.6 Å². The summed E-state index contributed by atoms with van der Waals surface area (Å²) in [6.07, 6.45) is -4.44. The molecule has 0 saturated carbocycles. The standard InChI is InChI=1S/C16H15F3N2O3/c1-8-12(15(23)24-3)9(2)20-13(8)14(22)21-11-6-4-10(5-7-11)16(17,18)19/h4-7,20H,1-3H3,(H,21,22). The molecule has 1 heterocycles. The lowest BCUT2D eigenvalue weighted by atomic mass is 10.1. The third-order valence-electron chi connectivity index (χ3n) is 3.52. The summed E-state index contributed by atoms with van der Waals surface area (Å²) >= 11 is 0. The minimum atomic E-state index is -4.44. The third-order valence-corrected chi connectivity index (χ3v) is 3.52. The number of carbonyl (C=O) groups is 2. The SMILES string of the molecule is COC(=O)c1c(C)[nH]c(C(=O)Nc2ccc(C(F)(F)F)cc2)c1C. The normalized spacial score (nSPS) is 11.2. The first-order valence-electron chi connectivity index (χ1n) is 6.91. The Morgan fingerprint density at radius 2 is 1.71 bits per heavy atom. The zero-order chi connectivity index (χ0) is 18.1. The van der Waals surface area contributed by atoms with Crippen molar-refractivity contribution in [2.45, 2.75) is 20.0 Å². The number of aromatic nitrogens is 1. The van der Waals surface area contributed by atoms with Gasteiger partial charge < -0.3 is 15.0 Å². The number of H-pyrrole nitrogens is 1. The van der Waals surface area contributed by atoms with Gasteiger partial charge in [-0.05, 0) is 43.7 Å². The monoisotopic (exact) mass is 340 g/mol. The summed E-state index contributed by atoms with van der Waals surface area (Å²) in [5.74, 6) is -1.14. The predicted octanol–water partition coefficient (Wildman–Crippen LogP) is 3.69. The van der Waals surface area contributed by atoms with Crippen LogP contribution in [0.4, 0.5) is 18.9 Å². The van der Waals surface area contributed by atoms with E-state index in [4.69, 9.17) is 0 Å². The number of hydrogen-bond donors (Lipinski definition) is 2. The van der Waals surface area contributed by atoms with E-state index >= 15 is 0 Å². The number of esters is 1. The fourth-order valence-electron chi connectivity index (χ4n) is 2.32. The highest BCUT2D eigenvalue weighted by Gasteiger charge is 2.30. The number of ether oxygens (including phenoxy) is 1. The number of halogens is 3. The molecule has 2 N–H and O–H groups in total. The van der Waals surface area contributed by atoms with Gasteiger partial charge in [0.2, 0.25) is 0 Å². The number of nitrogens with one attached hydrogen (secondary N) is 2. The molecule has 0 aliphatic heterocycles. The number of amides is 1. The topological polar surface area (TPSA) is 71.2 Å². The quantitative estimate of drug-likeness (QED) is 0.837. The number of alkyl halides is 3. The number of hydrogen-bond acceptors (Lipinski definition) is 3. The van der Waals surface area contributed by atoms with Crippen molar-refractivity contribution >= 4 is 17.6 Å². The van der Waals surface area contributed by atoms with E-state index in [1.807, 2.05) is 0 Å². The van der Waals surface area contributed by atoms with Crippen LogP contribution in [0.2, 0.25) is 0 Å². The minimum absolute atomic E-state index is 0.146. The molecule has 1 aromatic carbocycles. The van der Waals surface area contributed by atoms with Crippen LogP contribution < -0.4 is 5.32 Å². The van der Waals surface area contributed by atoms with E-state index in [9.17, 15) is 22.8 Å². The molecule has 0 fully saturated rings. The molecular formula is C16H15F3N2O3. The van der Waals surface area contributed by atoms with Gasteiger partial charge in [0, 0.05) is 11.4 Å². The maximum absolute atomic E-state index is 12.5. The fourth-order valence-corrected chi connectivity index (χ4v) is 2.32. The predicted molar refractivity (Wildman–Crippen MR) is 81.0 cm³/mol. The average Bonchev–Trinajstić information content (AvgIpc) is 2.81. The van der Waals surface area contributed by atoms with Crippen molar-refractivity contribution in [2.75, 3.05) is 12.4 Å². The van der Waals surface area contributed by atoms with Crippen LogP contribution in [-0.4, -0.2) is 24.0 Å². The van der Waals surface area contributed by atoms with Crippen LogP contribution in [0.1, 0.15) is 37.7 Å². The molecule has 0 aliphatic rings. The number of methoxy groups -OCH3 is 1. The largest absolute Gasteiger partial charge is 0.465 e. The Hall–Kier alpha value is -2.77. The van der Waals surface area contributed by atoms with Gasteiger partial charge in [-0.15, -0.1) is 0 Å². The molecule has 2 rings (SSSR count). The van der Waals surface area contributed by atoms with Gasteiger partial charge in [0.25, 0.3) is 5.91 Å². The first kappa shape index (κ1) is 17.6. The Morgan fingerprint density at radius 1 is 1.12 bits per heavy atom. The first-order chi connectivity index (χ1) is 11.1. The lowest BCUT2D eigenvalue weighted by molar-refractivity contribution is -0.137. The maximum atomic E-state index is 12.5. The van der Waals surface area contributed by atoms with E-state index in [0.29, 0.717) is 11.3 Å². The molecule has 24 heavy (non-hydrogen) atoms. The lowest BCUT2D eigenvalue weighted by Gasteiger charge is -2.08. The molecule has 5 nitrogen and oxygen atoms in total. The molecule has 0 bridgehead atoms. The van der Waals surface area contributed by atoms with Crippen LogP contribution in [0, 0.1) is 13.8 Å². The summed E-state index contributed by atoms with van der Waals surface area (Å²) in [6, 6.07) is 4.07. The Kier molecular flexibility index (Phi) is 4.68. The van der Waals surface area contributed by atoms with Gasteiger partial charge in [-0.3, -0.25) is 4.79 Å². The van der Waals surface area contributed by atoms with Crippen molar-refractivity contribution in [3.8, 4) is 0 Å². The molecule has 0 radical (unpaired) electrons. The van der Waals surface area contributed by atoms with Crippen molar-refractivity contribution in [1.82, 2.24) is 4.98 Å². The van der Waals surface area contributed by atoms with Crippen LogP contribution in [0.25, 0.3) is 0 Å². The molecule has 0 atom stereocenters. The van der Waals surface area contributed by atoms with Gasteiger partial charge >= 0.3 is 12.1 Å². The maximum Gasteiger partial charge on any atom is 0.416 e. The molecule has 1 amide bonds. The van der Waals surface area contributed by atoms with E-state index in [1.165, 1.54) is 7.11 Å². The van der Waals surface area contributed by atoms with Crippen LogP contribution in [0.5, 0.6) is 0 Å². The second-order valence-corrected chi connectivity index (χ2v) is 5.15. The smallest absolute Gasteiger partial charge is 0.416 e. The summed E-state index contributed by atoms with van der Waals surface area (Å²) in [5.41, 5.74) is 0.684. The van der Waals surface area contributed by atoms with Crippen LogP contribution >= 0.6 is 0 Å². The number of carbonyl (C=O) groups excluding carboxylic acids is 2. The highest BCUT2D eigenvalue weighted by Crippen LogP contribution is 2.30. The molecule has 1 aromatic heterocycles. The zero-order valence-electron chi connectivity index (χ0n) is 13.2. The van der Waals surface area contributed by atoms with Crippen LogP contribution in [-0.2, 0) is 10.9 Å². The van der Waals surface area contributed by atoms with E-state index in [1.54, 1.807) is 13.8 Å². The van der Waals surface area contributed by atoms with Gasteiger partial charge in [0.1, 0.15) is 5.69 Å². The molecule has 0 unspecified atom stereocenters. The van der Waals surface area contributed by atoms with Crippen molar-refractivity contribution in [2.24, 2.45) is 0 Å². The summed E-state index contributed by atoms with van der Waals surface area (Å²) in [7, 11) is 1.23. The highest BCUT2D eigenvalue weighted by molar-refractivity contribution is 6.06. The summed E-state index contributed by atoms with van der Waals surface area (Å²) in [5, 5.41) is 2.49. The van der Waals surface area contributed by atoms with Gasteiger partial charge in [-0.25, -0.2) is 4.79 Å². The van der Waals surface area contributed by atoms with Gasteiger partial charge in [-0.2, -0.15) is 13.2 Å². The Morgan fingerprint density at radius 3 is 2.21 bits per heavy atom. The molecule has 2 aromatic rings. The zero-order valence-corrected chi connectivity index (χ0v) is 13.2. The van der Waals surface area contributed by atoms with Crippen molar-refractivity contribution < 1.29 is 27.5 Å². The van der Waals surface area contributed by atoms with Crippen LogP contribution in [0.15, 0.2) is 24.3 Å². The lowest BCUT2D eigenvalue weighted by Crippen LogP contribution is -2.14. The number of rotatable bonds is 3. The second kappa shape index (κ2) is 6.38. The summed E-state index contributed by atoms with van der Waals surface area (Å²) in [4.78, 5) is 26.8. The summed E-state index contributed by atoms with van der Waals surface area (Å²) < 4.78 is 42.2. The number of anilines is 1. The minimum Gasteiger partial charge on any atom is -0.465 e. The fraction of sp³-hybridized carbons (Fsp3) is 0.250. The summed E-state index contributed by atoms with van der Waals surface area (Å²) in [6.45, 7) is 3.20. The number of aromatic amines is 1. The van der Waals surface area contributed by atoms with Gasteiger partial charge in [0.15, 0.2) is 0 Å².